The molecule has 0 spiro atoms. The molecule has 6 nitrogen and oxygen atoms in total. The third-order valence-corrected chi connectivity index (χ3v) is 5.86. The number of aliphatic hydroxyl groups is 1. The standard InChI is InChI=1S/C25H28Cl2N2O4/c1-15(2)33-18-9-6-16(7-10-18)23(30)21-22(19-11-8-17(26)14-20(19)27)29(25(32)24(21)31)13-5-12-28(3)4/h6-11,14-15,22,30H,5,12-13H2,1-4H3/b23-21-. The fraction of sp³-hybridized carbons (Fsp3) is 0.360. The van der Waals surface area contributed by atoms with Gasteiger partial charge in [-0.1, -0.05) is 29.3 Å². The first kappa shape index (κ1) is 25.1. The van der Waals surface area contributed by atoms with Crippen LogP contribution in [0.2, 0.25) is 10.0 Å². The number of amides is 1. The minimum absolute atomic E-state index is 0.00369. The van der Waals surface area contributed by atoms with E-state index in [1.54, 1.807) is 42.5 Å². The maximum atomic E-state index is 13.1. The van der Waals surface area contributed by atoms with Crippen LogP contribution < -0.4 is 4.74 Å². The van der Waals surface area contributed by atoms with Gasteiger partial charge in [0.2, 0.25) is 0 Å². The molecule has 2 aromatic carbocycles. The van der Waals surface area contributed by atoms with Crippen molar-refractivity contribution in [1.29, 1.82) is 0 Å². The zero-order chi connectivity index (χ0) is 24.3. The molecule has 33 heavy (non-hydrogen) atoms. The van der Waals surface area contributed by atoms with Crippen LogP contribution in [-0.2, 0) is 9.59 Å². The SMILES string of the molecule is CC(C)Oc1ccc(/C(O)=C2/C(=O)C(=O)N(CCCN(C)C)C2c2ccc(Cl)cc2Cl)cc1. The van der Waals surface area contributed by atoms with Crippen molar-refractivity contribution in [3.05, 3.63) is 69.2 Å². The molecule has 0 aliphatic carbocycles. The number of Topliss-reactive ketones (excluding diaryl/α,β-unsaturated/α-hetero) is 1. The number of carbonyl (C=O) groups is 2. The van der Waals surface area contributed by atoms with Gasteiger partial charge in [-0.25, -0.2) is 0 Å². The Morgan fingerprint density at radius 1 is 1.12 bits per heavy atom. The molecule has 176 valence electrons. The molecule has 1 fully saturated rings. The van der Waals surface area contributed by atoms with E-state index in [0.717, 1.165) is 6.54 Å². The van der Waals surface area contributed by atoms with E-state index >= 15 is 0 Å². The highest BCUT2D eigenvalue weighted by Crippen LogP contribution is 2.42. The normalized spacial score (nSPS) is 17.9. The molecule has 1 N–H and O–H groups in total. The van der Waals surface area contributed by atoms with Gasteiger partial charge in [-0.2, -0.15) is 0 Å². The largest absolute Gasteiger partial charge is 0.507 e. The van der Waals surface area contributed by atoms with Crippen molar-refractivity contribution in [3.63, 3.8) is 0 Å². The molecule has 1 saturated heterocycles. The quantitative estimate of drug-likeness (QED) is 0.314. The number of ketones is 1. The van der Waals surface area contributed by atoms with Gasteiger partial charge in [-0.3, -0.25) is 9.59 Å². The van der Waals surface area contributed by atoms with Crippen molar-refractivity contribution < 1.29 is 19.4 Å². The molecule has 2 aromatic rings. The van der Waals surface area contributed by atoms with E-state index in [0.29, 0.717) is 39.9 Å². The van der Waals surface area contributed by atoms with Gasteiger partial charge < -0.3 is 19.6 Å². The molecule has 1 heterocycles. The van der Waals surface area contributed by atoms with Gasteiger partial charge in [0.15, 0.2) is 0 Å². The summed E-state index contributed by atoms with van der Waals surface area (Å²) in [5.41, 5.74) is 0.950. The molecule has 1 aliphatic heterocycles. The highest BCUT2D eigenvalue weighted by atomic mass is 35.5. The molecular formula is C25H28Cl2N2O4. The second-order valence-corrected chi connectivity index (χ2v) is 9.35. The number of carbonyl (C=O) groups excluding carboxylic acids is 2. The average molecular weight is 491 g/mol. The van der Waals surface area contributed by atoms with Gasteiger partial charge in [-0.15, -0.1) is 0 Å². The van der Waals surface area contributed by atoms with Crippen LogP contribution in [0.5, 0.6) is 5.75 Å². The lowest BCUT2D eigenvalue weighted by Crippen LogP contribution is -2.32. The van der Waals surface area contributed by atoms with Crippen molar-refractivity contribution in [2.75, 3.05) is 27.2 Å². The van der Waals surface area contributed by atoms with Crippen LogP contribution in [0.3, 0.4) is 0 Å². The minimum atomic E-state index is -0.816. The van der Waals surface area contributed by atoms with Crippen LogP contribution in [0.15, 0.2) is 48.0 Å². The summed E-state index contributed by atoms with van der Waals surface area (Å²) in [5.74, 6) is -1.01. The van der Waals surface area contributed by atoms with Crippen molar-refractivity contribution in [3.8, 4) is 5.75 Å². The molecule has 1 unspecified atom stereocenters. The van der Waals surface area contributed by atoms with Crippen molar-refractivity contribution in [2.45, 2.75) is 32.4 Å². The molecule has 3 rings (SSSR count). The number of hydrogen-bond acceptors (Lipinski definition) is 5. The molecule has 0 bridgehead atoms. The second-order valence-electron chi connectivity index (χ2n) is 8.51. The molecule has 1 atom stereocenters. The zero-order valence-electron chi connectivity index (χ0n) is 19.1. The van der Waals surface area contributed by atoms with E-state index in [-0.39, 0.29) is 17.4 Å². The average Bonchev–Trinajstić information content (AvgIpc) is 2.98. The molecule has 8 heteroatoms. The van der Waals surface area contributed by atoms with E-state index in [9.17, 15) is 14.7 Å². The molecule has 1 amide bonds. The summed E-state index contributed by atoms with van der Waals surface area (Å²) in [5, 5.41) is 11.9. The van der Waals surface area contributed by atoms with Crippen LogP contribution in [0.25, 0.3) is 5.76 Å². The predicted octanol–water partition coefficient (Wildman–Crippen LogP) is 5.15. The highest BCUT2D eigenvalue weighted by molar-refractivity contribution is 6.47. The Hall–Kier alpha value is -2.54. The van der Waals surface area contributed by atoms with E-state index in [2.05, 4.69) is 0 Å². The molecule has 1 aliphatic rings. The van der Waals surface area contributed by atoms with Crippen molar-refractivity contribution in [1.82, 2.24) is 9.80 Å². The van der Waals surface area contributed by atoms with E-state index in [1.807, 2.05) is 32.8 Å². The summed E-state index contributed by atoms with van der Waals surface area (Å²) in [6.45, 7) is 4.91. The van der Waals surface area contributed by atoms with Crippen LogP contribution in [0, 0.1) is 0 Å². The Morgan fingerprint density at radius 2 is 1.79 bits per heavy atom. The van der Waals surface area contributed by atoms with E-state index in [4.69, 9.17) is 27.9 Å². The fourth-order valence-electron chi connectivity index (χ4n) is 3.83. The van der Waals surface area contributed by atoms with Gasteiger partial charge in [0.05, 0.1) is 17.7 Å². The smallest absolute Gasteiger partial charge is 0.295 e. The maximum absolute atomic E-state index is 13.1. The first-order valence-corrected chi connectivity index (χ1v) is 11.5. The van der Waals surface area contributed by atoms with Gasteiger partial charge in [0.25, 0.3) is 11.7 Å². The highest BCUT2D eigenvalue weighted by Gasteiger charge is 2.46. The van der Waals surface area contributed by atoms with E-state index in [1.165, 1.54) is 4.90 Å². The Kier molecular flexibility index (Phi) is 8.05. The summed E-state index contributed by atoms with van der Waals surface area (Å²) >= 11 is 12.5. The van der Waals surface area contributed by atoms with Gasteiger partial charge in [0, 0.05) is 22.2 Å². The Balaban J connectivity index is 2.08. The number of hydrogen-bond donors (Lipinski definition) is 1. The van der Waals surface area contributed by atoms with Gasteiger partial charge in [0.1, 0.15) is 11.5 Å². The summed E-state index contributed by atoms with van der Waals surface area (Å²) in [6.07, 6.45) is 0.659. The lowest BCUT2D eigenvalue weighted by molar-refractivity contribution is -0.139. The fourth-order valence-corrected chi connectivity index (χ4v) is 4.35. The molecule has 0 radical (unpaired) electrons. The Morgan fingerprint density at radius 3 is 2.36 bits per heavy atom. The third-order valence-electron chi connectivity index (χ3n) is 5.30. The van der Waals surface area contributed by atoms with Gasteiger partial charge in [-0.05, 0) is 82.9 Å². The van der Waals surface area contributed by atoms with Crippen LogP contribution in [-0.4, -0.2) is 59.9 Å². The first-order valence-electron chi connectivity index (χ1n) is 10.7. The maximum Gasteiger partial charge on any atom is 0.295 e. The Bertz CT molecular complexity index is 1060. The number of aliphatic hydroxyl groups excluding tert-OH is 1. The monoisotopic (exact) mass is 490 g/mol. The zero-order valence-corrected chi connectivity index (χ0v) is 20.7. The second kappa shape index (κ2) is 10.6. The third kappa shape index (κ3) is 5.69. The molecular weight excluding hydrogens is 463 g/mol. The summed E-state index contributed by atoms with van der Waals surface area (Å²) in [4.78, 5) is 29.6. The summed E-state index contributed by atoms with van der Waals surface area (Å²) < 4.78 is 5.65. The summed E-state index contributed by atoms with van der Waals surface area (Å²) in [6, 6.07) is 10.8. The van der Waals surface area contributed by atoms with E-state index < -0.39 is 17.7 Å². The van der Waals surface area contributed by atoms with Crippen molar-refractivity contribution >= 4 is 40.7 Å². The number of likely N-dealkylation sites (tertiary alicyclic amines) is 1. The Labute approximate surface area is 204 Å². The predicted molar refractivity (Wildman–Crippen MR) is 131 cm³/mol. The summed E-state index contributed by atoms with van der Waals surface area (Å²) in [7, 11) is 3.88. The molecule has 0 saturated carbocycles. The number of halogens is 2. The number of ether oxygens (including phenoxy) is 1. The van der Waals surface area contributed by atoms with Crippen molar-refractivity contribution in [2.24, 2.45) is 0 Å². The number of nitrogens with zero attached hydrogens (tertiary/aromatic N) is 2. The first-order chi connectivity index (χ1) is 15.6. The lowest BCUT2D eigenvalue weighted by Gasteiger charge is -2.26. The van der Waals surface area contributed by atoms with Crippen LogP contribution >= 0.6 is 23.2 Å². The number of rotatable bonds is 8. The lowest BCUT2D eigenvalue weighted by atomic mass is 9.95. The van der Waals surface area contributed by atoms with Gasteiger partial charge >= 0.3 is 0 Å². The minimum Gasteiger partial charge on any atom is -0.507 e. The topological polar surface area (TPSA) is 70.1 Å². The molecule has 0 aromatic heterocycles. The number of benzene rings is 2. The van der Waals surface area contributed by atoms with Crippen LogP contribution in [0.1, 0.15) is 37.4 Å². The van der Waals surface area contributed by atoms with Crippen LogP contribution in [0.4, 0.5) is 0 Å².